The lowest BCUT2D eigenvalue weighted by Crippen LogP contribution is -2.20. The Morgan fingerprint density at radius 1 is 0.970 bits per heavy atom. The van der Waals surface area contributed by atoms with E-state index < -0.39 is 17.7 Å². The lowest BCUT2D eigenvalue weighted by Gasteiger charge is -2.14. The largest absolute Gasteiger partial charge is 0.497 e. The van der Waals surface area contributed by atoms with E-state index in [1.165, 1.54) is 25.3 Å². The van der Waals surface area contributed by atoms with Gasteiger partial charge in [-0.3, -0.25) is 14.4 Å². The van der Waals surface area contributed by atoms with E-state index in [4.69, 9.17) is 16.2 Å². The van der Waals surface area contributed by atoms with Crippen LogP contribution in [0.5, 0.6) is 5.75 Å². The number of carbonyl (C=O) groups excluding carboxylic acids is 3. The van der Waals surface area contributed by atoms with Gasteiger partial charge in [0.05, 0.1) is 18.4 Å². The van der Waals surface area contributed by atoms with Crippen LogP contribution in [0.4, 0.5) is 11.5 Å². The number of pyridine rings is 1. The van der Waals surface area contributed by atoms with Gasteiger partial charge in [-0.05, 0) is 73.5 Å². The van der Waals surface area contributed by atoms with Crippen LogP contribution >= 0.6 is 0 Å². The molecule has 0 saturated carbocycles. The molecule has 2 aromatic carbocycles. The molecule has 0 aliphatic carbocycles. The summed E-state index contributed by atoms with van der Waals surface area (Å²) in [5.41, 5.74) is 12.8. The molecule has 0 saturated heterocycles. The highest BCUT2D eigenvalue weighted by atomic mass is 16.5. The van der Waals surface area contributed by atoms with Crippen molar-refractivity contribution in [2.24, 2.45) is 11.5 Å². The Hall–Kier alpha value is -4.24. The van der Waals surface area contributed by atoms with Crippen LogP contribution in [0.1, 0.15) is 43.1 Å². The molecule has 9 nitrogen and oxygen atoms in total. The van der Waals surface area contributed by atoms with Crippen molar-refractivity contribution in [3.63, 3.8) is 0 Å². The lowest BCUT2D eigenvalue weighted by molar-refractivity contribution is 0.0992. The monoisotopic (exact) mass is 447 g/mol. The number of nitrogens with two attached hydrogens (primary N) is 2. The zero-order valence-corrected chi connectivity index (χ0v) is 18.1. The fourth-order valence-corrected chi connectivity index (χ4v) is 3.24. The number of nitrogens with zero attached hydrogens (tertiary/aromatic N) is 1. The highest BCUT2D eigenvalue weighted by molar-refractivity contribution is 6.12. The summed E-state index contributed by atoms with van der Waals surface area (Å²) >= 11 is 0. The molecule has 3 aromatic rings. The number of carbonyl (C=O) groups is 3. The summed E-state index contributed by atoms with van der Waals surface area (Å²) in [6, 6.07) is 14.5. The van der Waals surface area contributed by atoms with E-state index in [2.05, 4.69) is 15.6 Å². The number of nitrogens with one attached hydrogen (secondary N) is 2. The molecular weight excluding hydrogens is 422 g/mol. The summed E-state index contributed by atoms with van der Waals surface area (Å²) in [6.07, 6.45) is 2.71. The minimum Gasteiger partial charge on any atom is -0.497 e. The Bertz CT molecular complexity index is 1160. The van der Waals surface area contributed by atoms with Crippen molar-refractivity contribution < 1.29 is 19.1 Å². The molecule has 0 atom stereocenters. The Balaban J connectivity index is 1.88. The van der Waals surface area contributed by atoms with Gasteiger partial charge in [0.15, 0.2) is 0 Å². The molecule has 0 fully saturated rings. The average Bonchev–Trinajstić information content (AvgIpc) is 2.83. The second-order valence-corrected chi connectivity index (χ2v) is 7.16. The summed E-state index contributed by atoms with van der Waals surface area (Å²) in [4.78, 5) is 41.7. The van der Waals surface area contributed by atoms with Crippen LogP contribution in [-0.2, 0) is 6.42 Å². The first-order valence-corrected chi connectivity index (χ1v) is 10.3. The number of primary amides is 1. The van der Waals surface area contributed by atoms with Gasteiger partial charge >= 0.3 is 0 Å². The SMILES string of the molecule is COc1ccc(NC(=O)c2ccc(C(N)=O)c(CCCN)c2)c(C(=O)Nc2ccccn2)c1. The molecule has 0 aliphatic rings. The predicted molar refractivity (Wildman–Crippen MR) is 125 cm³/mol. The minimum atomic E-state index is -0.572. The van der Waals surface area contributed by atoms with Gasteiger partial charge in [0.25, 0.3) is 11.8 Å². The van der Waals surface area contributed by atoms with Crippen LogP contribution in [0.2, 0.25) is 0 Å². The molecule has 0 aliphatic heterocycles. The maximum absolute atomic E-state index is 13.0. The van der Waals surface area contributed by atoms with E-state index in [0.29, 0.717) is 47.6 Å². The summed E-state index contributed by atoms with van der Waals surface area (Å²) in [7, 11) is 1.48. The third-order valence-electron chi connectivity index (χ3n) is 4.91. The van der Waals surface area contributed by atoms with Crippen LogP contribution in [-0.4, -0.2) is 36.4 Å². The second kappa shape index (κ2) is 10.9. The molecule has 170 valence electrons. The zero-order chi connectivity index (χ0) is 23.8. The van der Waals surface area contributed by atoms with Crippen molar-refractivity contribution in [2.45, 2.75) is 12.8 Å². The second-order valence-electron chi connectivity index (χ2n) is 7.16. The van der Waals surface area contributed by atoms with Gasteiger partial charge in [0.1, 0.15) is 11.6 Å². The number of ether oxygens (including phenoxy) is 1. The fraction of sp³-hybridized carbons (Fsp3) is 0.167. The van der Waals surface area contributed by atoms with Gasteiger partial charge in [-0.25, -0.2) is 4.98 Å². The highest BCUT2D eigenvalue weighted by Crippen LogP contribution is 2.24. The number of aryl methyl sites for hydroxylation is 1. The number of anilines is 2. The fourth-order valence-electron chi connectivity index (χ4n) is 3.24. The van der Waals surface area contributed by atoms with Crippen molar-refractivity contribution in [1.29, 1.82) is 0 Å². The maximum Gasteiger partial charge on any atom is 0.259 e. The van der Waals surface area contributed by atoms with Gasteiger partial charge in [0, 0.05) is 17.3 Å². The molecule has 3 amide bonds. The molecular formula is C24H25N5O4. The van der Waals surface area contributed by atoms with Crippen LogP contribution in [0.25, 0.3) is 0 Å². The van der Waals surface area contributed by atoms with Crippen LogP contribution in [0.15, 0.2) is 60.8 Å². The summed E-state index contributed by atoms with van der Waals surface area (Å²) in [5, 5.41) is 5.46. The first kappa shape index (κ1) is 23.4. The predicted octanol–water partition coefficient (Wildman–Crippen LogP) is 2.58. The van der Waals surface area contributed by atoms with Gasteiger partial charge < -0.3 is 26.8 Å². The Morgan fingerprint density at radius 2 is 1.79 bits per heavy atom. The number of benzene rings is 2. The minimum absolute atomic E-state index is 0.200. The quantitative estimate of drug-likeness (QED) is 0.396. The zero-order valence-electron chi connectivity index (χ0n) is 18.1. The summed E-state index contributed by atoms with van der Waals surface area (Å²) in [5.74, 6) is -0.659. The molecule has 0 unspecified atom stereocenters. The maximum atomic E-state index is 13.0. The Kier molecular flexibility index (Phi) is 7.72. The van der Waals surface area contributed by atoms with E-state index in [1.54, 1.807) is 42.6 Å². The molecule has 0 radical (unpaired) electrons. The standard InChI is InChI=1S/C24H25N5O4/c1-33-17-8-10-20(19(14-17)24(32)29-21-6-2-3-12-27-21)28-23(31)16-7-9-18(22(26)30)15(13-16)5-4-11-25/h2-3,6-10,12-14H,4-5,11,25H2,1H3,(H2,26,30)(H,28,31)(H,27,29,32). The summed E-state index contributed by atoms with van der Waals surface area (Å²) in [6.45, 7) is 0.440. The average molecular weight is 447 g/mol. The van der Waals surface area contributed by atoms with E-state index in [0.717, 1.165) is 0 Å². The number of amides is 3. The van der Waals surface area contributed by atoms with E-state index in [1.807, 2.05) is 0 Å². The Labute approximate surface area is 191 Å². The van der Waals surface area contributed by atoms with E-state index >= 15 is 0 Å². The number of rotatable bonds is 9. The molecule has 6 N–H and O–H groups in total. The molecule has 33 heavy (non-hydrogen) atoms. The molecule has 0 bridgehead atoms. The Morgan fingerprint density at radius 3 is 2.45 bits per heavy atom. The molecule has 1 heterocycles. The third-order valence-corrected chi connectivity index (χ3v) is 4.91. The first-order chi connectivity index (χ1) is 15.9. The number of hydrogen-bond donors (Lipinski definition) is 4. The van der Waals surface area contributed by atoms with Crippen molar-refractivity contribution in [2.75, 3.05) is 24.3 Å². The topological polar surface area (TPSA) is 149 Å². The van der Waals surface area contributed by atoms with Crippen LogP contribution < -0.4 is 26.8 Å². The van der Waals surface area contributed by atoms with Crippen LogP contribution in [0, 0.1) is 0 Å². The van der Waals surface area contributed by atoms with Gasteiger partial charge in [-0.2, -0.15) is 0 Å². The highest BCUT2D eigenvalue weighted by Gasteiger charge is 2.18. The lowest BCUT2D eigenvalue weighted by atomic mass is 9.99. The molecule has 0 spiro atoms. The first-order valence-electron chi connectivity index (χ1n) is 10.3. The van der Waals surface area contributed by atoms with E-state index in [9.17, 15) is 14.4 Å². The van der Waals surface area contributed by atoms with Crippen molar-refractivity contribution in [1.82, 2.24) is 4.98 Å². The van der Waals surface area contributed by atoms with Gasteiger partial charge in [-0.15, -0.1) is 0 Å². The van der Waals surface area contributed by atoms with Gasteiger partial charge in [0.2, 0.25) is 5.91 Å². The van der Waals surface area contributed by atoms with Crippen molar-refractivity contribution >= 4 is 29.2 Å². The number of aromatic nitrogens is 1. The number of methoxy groups -OCH3 is 1. The smallest absolute Gasteiger partial charge is 0.259 e. The molecule has 1 aromatic heterocycles. The molecule has 9 heteroatoms. The van der Waals surface area contributed by atoms with E-state index in [-0.39, 0.29) is 11.3 Å². The van der Waals surface area contributed by atoms with Gasteiger partial charge in [-0.1, -0.05) is 6.07 Å². The van der Waals surface area contributed by atoms with Crippen molar-refractivity contribution in [3.05, 3.63) is 83.0 Å². The normalized spacial score (nSPS) is 10.4. The number of hydrogen-bond acceptors (Lipinski definition) is 6. The molecule has 3 rings (SSSR count). The third kappa shape index (κ3) is 5.92. The summed E-state index contributed by atoms with van der Waals surface area (Å²) < 4.78 is 5.23. The van der Waals surface area contributed by atoms with Crippen LogP contribution in [0.3, 0.4) is 0 Å². The van der Waals surface area contributed by atoms with Crippen molar-refractivity contribution in [3.8, 4) is 5.75 Å².